The lowest BCUT2D eigenvalue weighted by Crippen LogP contribution is -2.53. The van der Waals surface area contributed by atoms with Crippen molar-refractivity contribution in [2.45, 2.75) is 64.4 Å². The van der Waals surface area contributed by atoms with Gasteiger partial charge in [-0.2, -0.15) is 11.8 Å². The average molecular weight is 496 g/mol. The van der Waals surface area contributed by atoms with Crippen LogP contribution in [0.2, 0.25) is 10.0 Å². The van der Waals surface area contributed by atoms with Gasteiger partial charge in [-0.3, -0.25) is 9.59 Å². The highest BCUT2D eigenvalue weighted by Gasteiger charge is 2.31. The lowest BCUT2D eigenvalue weighted by molar-refractivity contribution is -0.141. The van der Waals surface area contributed by atoms with E-state index in [4.69, 9.17) is 23.2 Å². The predicted molar refractivity (Wildman–Crippen MR) is 136 cm³/mol. The SMILES string of the molecule is CC[C@@H](C(=O)NC(C)(C)C)N(Cc1c(Cl)cccc1Cl)C(=O)CCSCc1ccccc1. The predicted octanol–water partition coefficient (Wildman–Crippen LogP) is 6.34. The van der Waals surface area contributed by atoms with Gasteiger partial charge in [-0.1, -0.05) is 66.5 Å². The van der Waals surface area contributed by atoms with E-state index in [0.29, 0.717) is 34.2 Å². The molecule has 174 valence electrons. The zero-order chi connectivity index (χ0) is 23.7. The topological polar surface area (TPSA) is 49.4 Å². The lowest BCUT2D eigenvalue weighted by atomic mass is 10.1. The zero-order valence-electron chi connectivity index (χ0n) is 19.2. The van der Waals surface area contributed by atoms with E-state index >= 15 is 0 Å². The summed E-state index contributed by atoms with van der Waals surface area (Å²) in [5.41, 5.74) is 1.48. The molecule has 0 fully saturated rings. The Labute approximate surface area is 206 Å². The van der Waals surface area contributed by atoms with Crippen LogP contribution in [0.15, 0.2) is 48.5 Å². The van der Waals surface area contributed by atoms with Gasteiger partial charge in [0.15, 0.2) is 0 Å². The van der Waals surface area contributed by atoms with Gasteiger partial charge in [0, 0.05) is 45.6 Å². The van der Waals surface area contributed by atoms with Gasteiger partial charge >= 0.3 is 0 Å². The molecule has 0 bridgehead atoms. The van der Waals surface area contributed by atoms with Gasteiger partial charge in [-0.25, -0.2) is 0 Å². The van der Waals surface area contributed by atoms with Crippen molar-refractivity contribution in [3.8, 4) is 0 Å². The van der Waals surface area contributed by atoms with Crippen molar-refractivity contribution in [3.05, 3.63) is 69.7 Å². The Morgan fingerprint density at radius 2 is 1.66 bits per heavy atom. The third-order valence-electron chi connectivity index (χ3n) is 4.85. The molecule has 0 aliphatic heterocycles. The van der Waals surface area contributed by atoms with Crippen LogP contribution < -0.4 is 5.32 Å². The first-order chi connectivity index (χ1) is 15.1. The summed E-state index contributed by atoms with van der Waals surface area (Å²) in [7, 11) is 0. The first-order valence-electron chi connectivity index (χ1n) is 10.8. The third kappa shape index (κ3) is 8.34. The number of amides is 2. The summed E-state index contributed by atoms with van der Waals surface area (Å²) in [6.45, 7) is 7.88. The summed E-state index contributed by atoms with van der Waals surface area (Å²) < 4.78 is 0. The van der Waals surface area contributed by atoms with Crippen LogP contribution in [-0.2, 0) is 21.9 Å². The van der Waals surface area contributed by atoms with Gasteiger partial charge in [0.2, 0.25) is 11.8 Å². The fraction of sp³-hybridized carbons (Fsp3) is 0.440. The Kier molecular flexibility index (Phi) is 10.4. The second-order valence-corrected chi connectivity index (χ2v) is 10.6. The number of hydrogen-bond donors (Lipinski definition) is 1. The fourth-order valence-electron chi connectivity index (χ4n) is 3.29. The Bertz CT molecular complexity index is 880. The van der Waals surface area contributed by atoms with Crippen molar-refractivity contribution in [2.24, 2.45) is 0 Å². The summed E-state index contributed by atoms with van der Waals surface area (Å²) >= 11 is 14.5. The van der Waals surface area contributed by atoms with Gasteiger partial charge in [0.05, 0.1) is 0 Å². The van der Waals surface area contributed by atoms with Crippen molar-refractivity contribution < 1.29 is 9.59 Å². The lowest BCUT2D eigenvalue weighted by Gasteiger charge is -2.33. The van der Waals surface area contributed by atoms with Crippen molar-refractivity contribution in [2.75, 3.05) is 5.75 Å². The van der Waals surface area contributed by atoms with Crippen LogP contribution in [0, 0.1) is 0 Å². The molecule has 0 unspecified atom stereocenters. The van der Waals surface area contributed by atoms with Crippen LogP contribution in [0.1, 0.15) is 51.7 Å². The molecule has 0 radical (unpaired) electrons. The molecule has 0 aliphatic rings. The van der Waals surface area contributed by atoms with Gasteiger partial charge in [0.1, 0.15) is 6.04 Å². The Balaban J connectivity index is 2.16. The van der Waals surface area contributed by atoms with E-state index < -0.39 is 11.6 Å². The maximum absolute atomic E-state index is 13.3. The number of nitrogens with zero attached hydrogens (tertiary/aromatic N) is 1. The number of thioether (sulfide) groups is 1. The van der Waals surface area contributed by atoms with E-state index in [2.05, 4.69) is 17.4 Å². The molecular weight excluding hydrogens is 463 g/mol. The molecule has 1 N–H and O–H groups in total. The third-order valence-corrected chi connectivity index (χ3v) is 6.58. The number of hydrogen-bond acceptors (Lipinski definition) is 3. The van der Waals surface area contributed by atoms with Crippen molar-refractivity contribution in [1.29, 1.82) is 0 Å². The number of rotatable bonds is 10. The molecule has 2 amide bonds. The van der Waals surface area contributed by atoms with Crippen LogP contribution in [0.5, 0.6) is 0 Å². The monoisotopic (exact) mass is 494 g/mol. The largest absolute Gasteiger partial charge is 0.350 e. The van der Waals surface area contributed by atoms with E-state index in [1.54, 1.807) is 34.9 Å². The van der Waals surface area contributed by atoms with Gasteiger partial charge in [-0.15, -0.1) is 0 Å². The first kappa shape index (κ1) is 26.6. The number of halogens is 2. The molecule has 4 nitrogen and oxygen atoms in total. The van der Waals surface area contributed by atoms with E-state index in [0.717, 1.165) is 5.75 Å². The minimum Gasteiger partial charge on any atom is -0.350 e. The highest BCUT2D eigenvalue weighted by molar-refractivity contribution is 7.98. The maximum atomic E-state index is 13.3. The van der Waals surface area contributed by atoms with Crippen LogP contribution in [-0.4, -0.2) is 34.0 Å². The van der Waals surface area contributed by atoms with E-state index in [1.807, 2.05) is 45.9 Å². The van der Waals surface area contributed by atoms with Crippen LogP contribution in [0.25, 0.3) is 0 Å². The Morgan fingerprint density at radius 1 is 1.03 bits per heavy atom. The number of carbonyl (C=O) groups excluding carboxylic acids is 2. The van der Waals surface area contributed by atoms with Crippen molar-refractivity contribution in [3.63, 3.8) is 0 Å². The summed E-state index contributed by atoms with van der Waals surface area (Å²) in [4.78, 5) is 28.0. The quantitative estimate of drug-likeness (QED) is 0.392. The van der Waals surface area contributed by atoms with E-state index in [-0.39, 0.29) is 18.4 Å². The second-order valence-electron chi connectivity index (χ2n) is 8.67. The Hall–Kier alpha value is -1.69. The molecule has 0 saturated heterocycles. The summed E-state index contributed by atoms with van der Waals surface area (Å²) in [6, 6.07) is 14.8. The van der Waals surface area contributed by atoms with E-state index in [1.165, 1.54) is 5.56 Å². The number of carbonyl (C=O) groups is 2. The normalized spacial score (nSPS) is 12.3. The first-order valence-corrected chi connectivity index (χ1v) is 12.7. The molecule has 0 aliphatic carbocycles. The summed E-state index contributed by atoms with van der Waals surface area (Å²) in [5.74, 6) is 1.25. The summed E-state index contributed by atoms with van der Waals surface area (Å²) in [5, 5.41) is 3.98. The maximum Gasteiger partial charge on any atom is 0.243 e. The highest BCUT2D eigenvalue weighted by Crippen LogP contribution is 2.27. The second kappa shape index (κ2) is 12.5. The number of nitrogens with one attached hydrogen (secondary N) is 1. The molecule has 1 atom stereocenters. The molecule has 2 rings (SSSR count). The number of benzene rings is 2. The van der Waals surface area contributed by atoms with Crippen LogP contribution in [0.4, 0.5) is 0 Å². The highest BCUT2D eigenvalue weighted by atomic mass is 35.5. The fourth-order valence-corrected chi connectivity index (χ4v) is 4.70. The van der Waals surface area contributed by atoms with Crippen LogP contribution >= 0.6 is 35.0 Å². The molecule has 0 aromatic heterocycles. The molecule has 0 saturated carbocycles. The molecule has 2 aromatic rings. The Morgan fingerprint density at radius 3 is 2.22 bits per heavy atom. The molecular formula is C25H32Cl2N2O2S. The molecule has 0 spiro atoms. The zero-order valence-corrected chi connectivity index (χ0v) is 21.5. The minimum atomic E-state index is -0.604. The molecule has 2 aromatic carbocycles. The van der Waals surface area contributed by atoms with Crippen molar-refractivity contribution in [1.82, 2.24) is 10.2 Å². The molecule has 7 heteroatoms. The van der Waals surface area contributed by atoms with Gasteiger partial charge in [0.25, 0.3) is 0 Å². The van der Waals surface area contributed by atoms with Crippen molar-refractivity contribution >= 4 is 46.8 Å². The average Bonchev–Trinajstić information content (AvgIpc) is 2.72. The van der Waals surface area contributed by atoms with Gasteiger partial charge in [-0.05, 0) is 44.9 Å². The van der Waals surface area contributed by atoms with Crippen LogP contribution in [0.3, 0.4) is 0 Å². The van der Waals surface area contributed by atoms with E-state index in [9.17, 15) is 9.59 Å². The standard InChI is InChI=1S/C25H32Cl2N2O2S/c1-5-22(24(31)28-25(2,3)4)29(16-19-20(26)12-9-13-21(19)27)23(30)14-15-32-17-18-10-7-6-8-11-18/h6-13,22H,5,14-17H2,1-4H3,(H,28,31)/t22-/m0/s1. The van der Waals surface area contributed by atoms with Gasteiger partial charge < -0.3 is 10.2 Å². The smallest absolute Gasteiger partial charge is 0.243 e. The molecule has 32 heavy (non-hydrogen) atoms. The minimum absolute atomic E-state index is 0.0857. The summed E-state index contributed by atoms with van der Waals surface area (Å²) in [6.07, 6.45) is 0.825. The molecule has 0 heterocycles.